The molecule has 0 unspecified atom stereocenters. The molecular weight excluding hydrogens is 452 g/mol. The second kappa shape index (κ2) is 9.80. The standard InChI is InChI=1S/C21H24N4O3S3/c1-13(2)12-29-21-24-23-20(30-21)22-19(26)17-6-5-7-18(15(17)4)25-31(27,28)16-10-8-14(3)9-11-16/h5-11,13,25H,12H2,1-4H3,(H,22,23,26). The van der Waals surface area contributed by atoms with Gasteiger partial charge in [0, 0.05) is 11.3 Å². The van der Waals surface area contributed by atoms with Gasteiger partial charge in [-0.2, -0.15) is 0 Å². The number of benzene rings is 2. The lowest BCUT2D eigenvalue weighted by Gasteiger charge is -2.13. The van der Waals surface area contributed by atoms with Crippen LogP contribution in [0.15, 0.2) is 51.7 Å². The van der Waals surface area contributed by atoms with Crippen molar-refractivity contribution >= 4 is 49.8 Å². The van der Waals surface area contributed by atoms with Crippen molar-refractivity contribution in [2.75, 3.05) is 15.8 Å². The van der Waals surface area contributed by atoms with Crippen molar-refractivity contribution < 1.29 is 13.2 Å². The number of aromatic nitrogens is 2. The van der Waals surface area contributed by atoms with E-state index < -0.39 is 10.0 Å². The summed E-state index contributed by atoms with van der Waals surface area (Å²) in [7, 11) is -3.77. The summed E-state index contributed by atoms with van der Waals surface area (Å²) in [6.45, 7) is 7.84. The van der Waals surface area contributed by atoms with Crippen LogP contribution in [0.25, 0.3) is 0 Å². The summed E-state index contributed by atoms with van der Waals surface area (Å²) in [6, 6.07) is 11.5. The van der Waals surface area contributed by atoms with Crippen LogP contribution in [0, 0.1) is 19.8 Å². The highest BCUT2D eigenvalue weighted by Gasteiger charge is 2.19. The molecule has 2 N–H and O–H groups in total. The number of rotatable bonds is 8. The van der Waals surface area contributed by atoms with Crippen LogP contribution in [0.3, 0.4) is 0 Å². The van der Waals surface area contributed by atoms with Gasteiger partial charge in [-0.25, -0.2) is 8.42 Å². The Morgan fingerprint density at radius 3 is 2.48 bits per heavy atom. The Balaban J connectivity index is 1.75. The molecule has 1 amide bonds. The number of nitrogens with one attached hydrogen (secondary N) is 2. The smallest absolute Gasteiger partial charge is 0.261 e. The monoisotopic (exact) mass is 476 g/mol. The van der Waals surface area contributed by atoms with Gasteiger partial charge in [0.1, 0.15) is 0 Å². The van der Waals surface area contributed by atoms with Crippen molar-refractivity contribution in [2.24, 2.45) is 5.92 Å². The fourth-order valence-corrected chi connectivity index (χ4v) is 5.48. The molecule has 10 heteroatoms. The summed E-state index contributed by atoms with van der Waals surface area (Å²) in [5, 5.41) is 11.3. The zero-order chi connectivity index (χ0) is 22.6. The van der Waals surface area contributed by atoms with Crippen molar-refractivity contribution in [1.29, 1.82) is 0 Å². The van der Waals surface area contributed by atoms with E-state index in [0.717, 1.165) is 15.7 Å². The number of carbonyl (C=O) groups excluding carboxylic acids is 1. The number of amides is 1. The summed E-state index contributed by atoms with van der Waals surface area (Å²) in [6.07, 6.45) is 0. The van der Waals surface area contributed by atoms with Gasteiger partial charge in [0.25, 0.3) is 15.9 Å². The fraction of sp³-hybridized carbons (Fsp3) is 0.286. The highest BCUT2D eigenvalue weighted by Crippen LogP contribution is 2.28. The number of nitrogens with zero attached hydrogens (tertiary/aromatic N) is 2. The molecule has 0 aliphatic heterocycles. The van der Waals surface area contributed by atoms with E-state index in [2.05, 4.69) is 34.1 Å². The molecule has 0 fully saturated rings. The summed E-state index contributed by atoms with van der Waals surface area (Å²) >= 11 is 2.91. The van der Waals surface area contributed by atoms with Gasteiger partial charge in [0.05, 0.1) is 10.6 Å². The van der Waals surface area contributed by atoms with E-state index in [1.807, 2.05) is 6.92 Å². The first-order valence-electron chi connectivity index (χ1n) is 9.62. The predicted molar refractivity (Wildman–Crippen MR) is 127 cm³/mol. The Bertz CT molecular complexity index is 1170. The summed E-state index contributed by atoms with van der Waals surface area (Å²) in [4.78, 5) is 12.9. The zero-order valence-corrected chi connectivity index (χ0v) is 20.1. The molecule has 1 aromatic heterocycles. The quantitative estimate of drug-likeness (QED) is 0.352. The molecule has 7 nitrogen and oxygen atoms in total. The van der Waals surface area contributed by atoms with Crippen molar-refractivity contribution in [3.05, 3.63) is 59.2 Å². The molecule has 1 heterocycles. The van der Waals surface area contributed by atoms with Crippen LogP contribution in [0.4, 0.5) is 10.8 Å². The van der Waals surface area contributed by atoms with Crippen LogP contribution in [0.1, 0.15) is 35.3 Å². The van der Waals surface area contributed by atoms with Crippen LogP contribution < -0.4 is 10.0 Å². The first-order chi connectivity index (χ1) is 14.7. The SMILES string of the molecule is Cc1ccc(S(=O)(=O)Nc2cccc(C(=O)Nc3nnc(SCC(C)C)s3)c2C)cc1. The average Bonchev–Trinajstić information content (AvgIpc) is 3.15. The summed E-state index contributed by atoms with van der Waals surface area (Å²) in [5.74, 6) is 1.08. The highest BCUT2D eigenvalue weighted by molar-refractivity contribution is 8.01. The van der Waals surface area contributed by atoms with Crippen molar-refractivity contribution in [3.8, 4) is 0 Å². The molecule has 2 aromatic carbocycles. The van der Waals surface area contributed by atoms with Crippen molar-refractivity contribution in [3.63, 3.8) is 0 Å². The maximum Gasteiger partial charge on any atom is 0.261 e. The van der Waals surface area contributed by atoms with Gasteiger partial charge in [-0.3, -0.25) is 14.8 Å². The zero-order valence-electron chi connectivity index (χ0n) is 17.7. The minimum atomic E-state index is -3.77. The van der Waals surface area contributed by atoms with Gasteiger partial charge in [-0.1, -0.05) is 60.7 Å². The number of carbonyl (C=O) groups is 1. The van der Waals surface area contributed by atoms with Gasteiger partial charge in [-0.15, -0.1) is 10.2 Å². The lowest BCUT2D eigenvalue weighted by Crippen LogP contribution is -2.17. The van der Waals surface area contributed by atoms with Crippen LogP contribution in [0.2, 0.25) is 0 Å². The Hall–Kier alpha value is -2.43. The van der Waals surface area contributed by atoms with Gasteiger partial charge in [0.2, 0.25) is 5.13 Å². The third-order valence-corrected chi connectivity index (χ3v) is 8.10. The van der Waals surface area contributed by atoms with E-state index in [-0.39, 0.29) is 10.8 Å². The largest absolute Gasteiger partial charge is 0.296 e. The molecule has 0 bridgehead atoms. The van der Waals surface area contributed by atoms with E-state index in [9.17, 15) is 13.2 Å². The minimum Gasteiger partial charge on any atom is -0.296 e. The maximum absolute atomic E-state index is 12.8. The normalized spacial score (nSPS) is 11.5. The third kappa shape index (κ3) is 6.05. The molecule has 0 saturated carbocycles. The molecule has 0 radical (unpaired) electrons. The van der Waals surface area contributed by atoms with Gasteiger partial charge >= 0.3 is 0 Å². The summed E-state index contributed by atoms with van der Waals surface area (Å²) < 4.78 is 28.8. The number of hydrogen-bond donors (Lipinski definition) is 2. The van der Waals surface area contributed by atoms with E-state index >= 15 is 0 Å². The molecule has 0 saturated heterocycles. The minimum absolute atomic E-state index is 0.160. The molecule has 0 spiro atoms. The second-order valence-electron chi connectivity index (χ2n) is 7.43. The highest BCUT2D eigenvalue weighted by atomic mass is 32.2. The summed E-state index contributed by atoms with van der Waals surface area (Å²) in [5.41, 5.74) is 2.19. The van der Waals surface area contributed by atoms with Gasteiger partial charge < -0.3 is 0 Å². The van der Waals surface area contributed by atoms with Gasteiger partial charge in [-0.05, 0) is 49.6 Å². The molecule has 0 aliphatic carbocycles. The number of sulfonamides is 1. The fourth-order valence-electron chi connectivity index (χ4n) is 2.63. The molecule has 3 aromatic rings. The van der Waals surface area contributed by atoms with Crippen LogP contribution in [-0.4, -0.2) is 30.3 Å². The van der Waals surface area contributed by atoms with Crippen LogP contribution >= 0.6 is 23.1 Å². The Labute approximate surface area is 190 Å². The van der Waals surface area contributed by atoms with E-state index in [1.165, 1.54) is 11.3 Å². The van der Waals surface area contributed by atoms with E-state index in [4.69, 9.17) is 0 Å². The van der Waals surface area contributed by atoms with E-state index in [0.29, 0.717) is 27.9 Å². The number of anilines is 2. The molecule has 0 aliphatic rings. The maximum atomic E-state index is 12.8. The van der Waals surface area contributed by atoms with Crippen LogP contribution in [0.5, 0.6) is 0 Å². The molecule has 3 rings (SSSR count). The topological polar surface area (TPSA) is 101 Å². The number of hydrogen-bond acceptors (Lipinski definition) is 7. The Kier molecular flexibility index (Phi) is 7.34. The number of aryl methyl sites for hydroxylation is 1. The van der Waals surface area contributed by atoms with Gasteiger partial charge in [0.15, 0.2) is 4.34 Å². The first kappa shape index (κ1) is 23.2. The average molecular weight is 477 g/mol. The lowest BCUT2D eigenvalue weighted by molar-refractivity contribution is 0.102. The van der Waals surface area contributed by atoms with Crippen molar-refractivity contribution in [2.45, 2.75) is 36.9 Å². The first-order valence-corrected chi connectivity index (χ1v) is 12.9. The third-order valence-electron chi connectivity index (χ3n) is 4.32. The molecule has 31 heavy (non-hydrogen) atoms. The molecule has 0 atom stereocenters. The predicted octanol–water partition coefficient (Wildman–Crippen LogP) is 4.96. The molecular formula is C21H24N4O3S3. The Morgan fingerprint density at radius 2 is 1.81 bits per heavy atom. The Morgan fingerprint density at radius 1 is 1.10 bits per heavy atom. The molecule has 164 valence electrons. The second-order valence-corrected chi connectivity index (χ2v) is 11.4. The number of thioether (sulfide) groups is 1. The van der Waals surface area contributed by atoms with Crippen LogP contribution in [-0.2, 0) is 10.0 Å². The van der Waals surface area contributed by atoms with E-state index in [1.54, 1.807) is 61.2 Å². The van der Waals surface area contributed by atoms with Crippen molar-refractivity contribution in [1.82, 2.24) is 10.2 Å². The lowest BCUT2D eigenvalue weighted by atomic mass is 10.1.